The Morgan fingerprint density at radius 2 is 1.79 bits per heavy atom. The van der Waals surface area contributed by atoms with Crippen molar-refractivity contribution in [3.05, 3.63) is 64.7 Å². The van der Waals surface area contributed by atoms with Gasteiger partial charge in [-0.25, -0.2) is 26.7 Å². The van der Waals surface area contributed by atoms with Gasteiger partial charge in [0.25, 0.3) is 5.92 Å². The zero-order valence-electron chi connectivity index (χ0n) is 14.7. The van der Waals surface area contributed by atoms with Gasteiger partial charge in [0.1, 0.15) is 11.9 Å². The van der Waals surface area contributed by atoms with E-state index in [0.29, 0.717) is 23.3 Å². The largest absolute Gasteiger partial charge is 0.439 e. The molecule has 2 aromatic rings. The van der Waals surface area contributed by atoms with Crippen LogP contribution in [0.25, 0.3) is 0 Å². The summed E-state index contributed by atoms with van der Waals surface area (Å²) in [6.45, 7) is 0. The molecule has 2 fully saturated rings. The van der Waals surface area contributed by atoms with E-state index in [1.807, 2.05) is 0 Å². The van der Waals surface area contributed by atoms with Crippen molar-refractivity contribution in [1.29, 1.82) is 0 Å². The Kier molecular flexibility index (Phi) is 4.65. The summed E-state index contributed by atoms with van der Waals surface area (Å²) in [6.07, 6.45) is 0.0876. The molecule has 2 heterocycles. The highest BCUT2D eigenvalue weighted by Gasteiger charge is 2.44. The summed E-state index contributed by atoms with van der Waals surface area (Å²) in [4.78, 5) is 15.7. The fraction of sp³-hybridized carbons (Fsp3) is 0.300. The summed E-state index contributed by atoms with van der Waals surface area (Å²) in [7, 11) is 0. The molecule has 1 saturated carbocycles. The van der Waals surface area contributed by atoms with Crippen LogP contribution in [0.4, 0.5) is 26.7 Å². The highest BCUT2D eigenvalue weighted by atomic mass is 19.3. The summed E-state index contributed by atoms with van der Waals surface area (Å²) in [6, 6.07) is 1.63. The minimum Gasteiger partial charge on any atom is -0.439 e. The number of pyridine rings is 1. The summed E-state index contributed by atoms with van der Waals surface area (Å²) in [5, 5.41) is 2.47. The van der Waals surface area contributed by atoms with Gasteiger partial charge in [-0.2, -0.15) is 0 Å². The highest BCUT2D eigenvalue weighted by molar-refractivity contribution is 5.71. The predicted molar refractivity (Wildman–Crippen MR) is 90.2 cm³/mol. The van der Waals surface area contributed by atoms with Crippen LogP contribution in [-0.4, -0.2) is 17.0 Å². The number of halogens is 5. The van der Waals surface area contributed by atoms with Crippen LogP contribution in [0.3, 0.4) is 0 Å². The molecule has 1 amide bonds. The minimum absolute atomic E-state index is 0.295. The third-order valence-corrected chi connectivity index (χ3v) is 4.79. The van der Waals surface area contributed by atoms with Gasteiger partial charge in [-0.1, -0.05) is 11.8 Å². The fourth-order valence-corrected chi connectivity index (χ4v) is 3.32. The Morgan fingerprint density at radius 3 is 2.52 bits per heavy atom. The molecule has 9 heteroatoms. The number of benzene rings is 1. The lowest BCUT2D eigenvalue weighted by atomic mass is 9.82. The minimum atomic E-state index is -2.67. The van der Waals surface area contributed by atoms with Crippen LogP contribution in [0.1, 0.15) is 41.7 Å². The molecule has 29 heavy (non-hydrogen) atoms. The lowest BCUT2D eigenvalue weighted by Crippen LogP contribution is -2.34. The van der Waals surface area contributed by atoms with E-state index in [1.165, 1.54) is 12.4 Å². The van der Waals surface area contributed by atoms with E-state index in [0.717, 1.165) is 0 Å². The number of rotatable bonds is 2. The SMILES string of the molecule is O=C1N[C@H](c2cncc(C#CC3CC(F)(F)C3)c2)[C@@H](c2cc(F)c(F)cc2F)O1. The normalized spacial score (nSPS) is 22.9. The Morgan fingerprint density at radius 1 is 1.07 bits per heavy atom. The van der Waals surface area contributed by atoms with Crippen molar-refractivity contribution in [2.45, 2.75) is 30.9 Å². The van der Waals surface area contributed by atoms with Gasteiger partial charge in [0, 0.05) is 48.3 Å². The van der Waals surface area contributed by atoms with Crippen LogP contribution >= 0.6 is 0 Å². The Labute approximate surface area is 162 Å². The first-order chi connectivity index (χ1) is 13.7. The predicted octanol–water partition coefficient (Wildman–Crippen LogP) is 4.42. The monoisotopic (exact) mass is 408 g/mol. The molecular weight excluding hydrogens is 395 g/mol. The molecule has 4 rings (SSSR count). The van der Waals surface area contributed by atoms with Crippen LogP contribution in [0, 0.1) is 35.2 Å². The molecule has 1 saturated heterocycles. The number of aromatic nitrogens is 1. The number of cyclic esters (lactones) is 1. The summed E-state index contributed by atoms with van der Waals surface area (Å²) < 4.78 is 71.8. The average molecular weight is 408 g/mol. The first-order valence-corrected chi connectivity index (χ1v) is 8.68. The van der Waals surface area contributed by atoms with E-state index in [1.54, 1.807) is 6.07 Å². The molecule has 0 radical (unpaired) electrons. The molecular formula is C20H13F5N2O2. The van der Waals surface area contributed by atoms with E-state index in [4.69, 9.17) is 4.74 Å². The molecule has 150 valence electrons. The molecule has 1 aliphatic heterocycles. The van der Waals surface area contributed by atoms with Gasteiger partial charge >= 0.3 is 6.09 Å². The average Bonchev–Trinajstić information content (AvgIpc) is 3.03. The zero-order valence-corrected chi connectivity index (χ0v) is 14.7. The van der Waals surface area contributed by atoms with Crippen LogP contribution in [-0.2, 0) is 4.74 Å². The van der Waals surface area contributed by atoms with Crippen LogP contribution in [0.5, 0.6) is 0 Å². The lowest BCUT2D eigenvalue weighted by molar-refractivity contribution is -0.0936. The lowest BCUT2D eigenvalue weighted by Gasteiger charge is -2.31. The summed E-state index contributed by atoms with van der Waals surface area (Å²) >= 11 is 0. The Balaban J connectivity index is 1.61. The van der Waals surface area contributed by atoms with Crippen molar-refractivity contribution < 1.29 is 31.5 Å². The second kappa shape index (κ2) is 7.03. The van der Waals surface area contributed by atoms with Gasteiger partial charge in [0.2, 0.25) is 0 Å². The highest BCUT2D eigenvalue weighted by Crippen LogP contribution is 2.42. The van der Waals surface area contributed by atoms with Gasteiger partial charge in [0.15, 0.2) is 17.7 Å². The molecule has 0 unspecified atom stereocenters. The molecule has 1 aromatic carbocycles. The maximum absolute atomic E-state index is 14.2. The molecule has 1 aromatic heterocycles. The number of alkyl halides is 2. The molecule has 2 aliphatic rings. The van der Waals surface area contributed by atoms with Crippen LogP contribution in [0.2, 0.25) is 0 Å². The molecule has 0 bridgehead atoms. The van der Waals surface area contributed by atoms with Crippen molar-refractivity contribution in [3.8, 4) is 11.8 Å². The fourth-order valence-electron chi connectivity index (χ4n) is 3.32. The number of carbonyl (C=O) groups is 1. The van der Waals surface area contributed by atoms with Gasteiger partial charge in [0.05, 0.1) is 0 Å². The number of ether oxygens (including phenoxy) is 1. The van der Waals surface area contributed by atoms with Crippen molar-refractivity contribution in [3.63, 3.8) is 0 Å². The van der Waals surface area contributed by atoms with E-state index in [9.17, 15) is 26.7 Å². The van der Waals surface area contributed by atoms with E-state index < -0.39 is 47.5 Å². The van der Waals surface area contributed by atoms with Gasteiger partial charge in [-0.15, -0.1) is 0 Å². The standard InChI is InChI=1S/C20H13F5N2O2/c21-14-5-16(23)15(22)4-13(14)18-17(27-19(28)29-18)12-3-10(8-26-9-12)1-2-11-6-20(24,25)7-11/h3-5,8-9,11,17-18H,6-7H2,(H,27,28)/t17-,18-/m1/s1. The number of alkyl carbamates (subject to hydrolysis) is 1. The zero-order chi connectivity index (χ0) is 20.8. The molecule has 2 atom stereocenters. The smallest absolute Gasteiger partial charge is 0.408 e. The van der Waals surface area contributed by atoms with E-state index >= 15 is 0 Å². The van der Waals surface area contributed by atoms with Crippen molar-refractivity contribution in [2.75, 3.05) is 0 Å². The number of nitrogens with one attached hydrogen (secondary N) is 1. The maximum atomic E-state index is 14.2. The third kappa shape index (κ3) is 3.88. The van der Waals surface area contributed by atoms with Crippen LogP contribution in [0.15, 0.2) is 30.6 Å². The Bertz CT molecular complexity index is 1040. The molecule has 0 spiro atoms. The number of carbonyl (C=O) groups excluding carboxylic acids is 1. The maximum Gasteiger partial charge on any atom is 0.408 e. The number of amides is 1. The third-order valence-electron chi connectivity index (χ3n) is 4.79. The van der Waals surface area contributed by atoms with E-state index in [-0.39, 0.29) is 18.4 Å². The van der Waals surface area contributed by atoms with Crippen LogP contribution < -0.4 is 5.32 Å². The van der Waals surface area contributed by atoms with Crippen molar-refractivity contribution >= 4 is 6.09 Å². The van der Waals surface area contributed by atoms with E-state index in [2.05, 4.69) is 22.1 Å². The van der Waals surface area contributed by atoms with Crippen molar-refractivity contribution in [1.82, 2.24) is 10.3 Å². The first kappa shape index (κ1) is 19.2. The second-order valence-electron chi connectivity index (χ2n) is 6.97. The number of hydrogen-bond acceptors (Lipinski definition) is 3. The molecule has 4 nitrogen and oxygen atoms in total. The summed E-state index contributed by atoms with van der Waals surface area (Å²) in [5.74, 6) is -1.29. The van der Waals surface area contributed by atoms with Gasteiger partial charge < -0.3 is 10.1 Å². The number of hydrogen-bond donors (Lipinski definition) is 1. The van der Waals surface area contributed by atoms with Gasteiger partial charge in [-0.05, 0) is 17.7 Å². The number of nitrogens with zero attached hydrogens (tertiary/aromatic N) is 1. The molecule has 1 N–H and O–H groups in total. The Hall–Kier alpha value is -3.15. The second-order valence-corrected chi connectivity index (χ2v) is 6.97. The first-order valence-electron chi connectivity index (χ1n) is 8.68. The van der Waals surface area contributed by atoms with Gasteiger partial charge in [-0.3, -0.25) is 4.98 Å². The summed E-state index contributed by atoms with van der Waals surface area (Å²) in [5.41, 5.74) is 0.458. The quantitative estimate of drug-likeness (QED) is 0.455. The topological polar surface area (TPSA) is 51.2 Å². The van der Waals surface area contributed by atoms with Crippen molar-refractivity contribution in [2.24, 2.45) is 5.92 Å². The molecule has 1 aliphatic carbocycles.